The van der Waals surface area contributed by atoms with Gasteiger partial charge in [0.05, 0.1) is 11.2 Å². The fraction of sp³-hybridized carbons (Fsp3) is 0.417. The van der Waals surface area contributed by atoms with Crippen molar-refractivity contribution < 1.29 is 0 Å². The third-order valence-corrected chi connectivity index (χ3v) is 3.09. The maximum absolute atomic E-state index is 5.66. The van der Waals surface area contributed by atoms with Gasteiger partial charge in [-0.3, -0.25) is 0 Å². The zero-order valence-electron chi connectivity index (χ0n) is 8.90. The highest BCUT2D eigenvalue weighted by Crippen LogP contribution is 2.39. The summed E-state index contributed by atoms with van der Waals surface area (Å²) >= 11 is 0. The van der Waals surface area contributed by atoms with Crippen LogP contribution in [-0.4, -0.2) is 9.38 Å². The van der Waals surface area contributed by atoms with Crippen molar-refractivity contribution in [3.63, 3.8) is 0 Å². The Labute approximate surface area is 88.9 Å². The molecule has 0 atom stereocenters. The molecule has 2 N–H and O–H groups in total. The van der Waals surface area contributed by atoms with Crippen LogP contribution >= 0.6 is 0 Å². The van der Waals surface area contributed by atoms with Crippen molar-refractivity contribution in [3.8, 4) is 0 Å². The second kappa shape index (κ2) is 3.07. The summed E-state index contributed by atoms with van der Waals surface area (Å²) in [5, 5.41) is 0. The van der Waals surface area contributed by atoms with E-state index in [1.165, 1.54) is 29.7 Å². The molecule has 1 fully saturated rings. The molecule has 0 saturated heterocycles. The van der Waals surface area contributed by atoms with E-state index in [0.717, 1.165) is 5.69 Å². The molecule has 1 aliphatic carbocycles. The van der Waals surface area contributed by atoms with Gasteiger partial charge in [0.15, 0.2) is 0 Å². The van der Waals surface area contributed by atoms with Crippen molar-refractivity contribution in [2.75, 3.05) is 0 Å². The van der Waals surface area contributed by atoms with Gasteiger partial charge in [-0.2, -0.15) is 0 Å². The smallest absolute Gasteiger partial charge is 0.116 e. The van der Waals surface area contributed by atoms with E-state index in [9.17, 15) is 0 Å². The highest BCUT2D eigenvalue weighted by molar-refractivity contribution is 5.54. The van der Waals surface area contributed by atoms with Crippen LogP contribution in [0.1, 0.15) is 35.8 Å². The van der Waals surface area contributed by atoms with Crippen LogP contribution in [0.25, 0.3) is 5.52 Å². The molecule has 78 valence electrons. The Morgan fingerprint density at radius 1 is 1.47 bits per heavy atom. The first-order valence-corrected chi connectivity index (χ1v) is 5.47. The molecule has 0 bridgehead atoms. The quantitative estimate of drug-likeness (QED) is 0.807. The summed E-state index contributed by atoms with van der Waals surface area (Å²) in [7, 11) is 0. The summed E-state index contributed by atoms with van der Waals surface area (Å²) in [6.07, 6.45) is 4.69. The van der Waals surface area contributed by atoms with Crippen LogP contribution in [0, 0.1) is 6.92 Å². The Kier molecular flexibility index (Phi) is 1.83. The molecular formula is C12H15N3. The minimum Gasteiger partial charge on any atom is -0.326 e. The molecule has 0 radical (unpaired) electrons. The van der Waals surface area contributed by atoms with Crippen LogP contribution in [0.3, 0.4) is 0 Å². The van der Waals surface area contributed by atoms with E-state index < -0.39 is 0 Å². The molecular weight excluding hydrogens is 186 g/mol. The molecule has 0 unspecified atom stereocenters. The lowest BCUT2D eigenvalue weighted by molar-refractivity contribution is 0.903. The lowest BCUT2D eigenvalue weighted by Gasteiger charge is -2.02. The number of imidazole rings is 1. The van der Waals surface area contributed by atoms with Crippen molar-refractivity contribution in [1.82, 2.24) is 9.38 Å². The minimum absolute atomic E-state index is 0.595. The average Bonchev–Trinajstić information content (AvgIpc) is 3.04. The van der Waals surface area contributed by atoms with Crippen LogP contribution in [-0.2, 0) is 6.54 Å². The summed E-state index contributed by atoms with van der Waals surface area (Å²) in [4.78, 5) is 4.65. The van der Waals surface area contributed by atoms with Gasteiger partial charge in [0.25, 0.3) is 0 Å². The molecule has 0 spiro atoms. The number of nitrogens with zero attached hydrogens (tertiary/aromatic N) is 2. The lowest BCUT2D eigenvalue weighted by atomic mass is 10.2. The first-order chi connectivity index (χ1) is 7.29. The van der Waals surface area contributed by atoms with Gasteiger partial charge < -0.3 is 10.1 Å². The number of aromatic nitrogens is 2. The first-order valence-electron chi connectivity index (χ1n) is 5.47. The Bertz CT molecular complexity index is 509. The second-order valence-corrected chi connectivity index (χ2v) is 4.33. The van der Waals surface area contributed by atoms with E-state index in [-0.39, 0.29) is 0 Å². The van der Waals surface area contributed by atoms with Crippen molar-refractivity contribution in [3.05, 3.63) is 35.4 Å². The maximum Gasteiger partial charge on any atom is 0.116 e. The van der Waals surface area contributed by atoms with Crippen LogP contribution in [0.15, 0.2) is 18.3 Å². The molecule has 1 aliphatic rings. The molecule has 2 heterocycles. The monoisotopic (exact) mass is 201 g/mol. The molecule has 3 nitrogen and oxygen atoms in total. The molecule has 1 saturated carbocycles. The number of pyridine rings is 1. The highest BCUT2D eigenvalue weighted by atomic mass is 15.0. The molecule has 3 rings (SSSR count). The minimum atomic E-state index is 0.595. The van der Waals surface area contributed by atoms with E-state index in [1.54, 1.807) is 0 Å². The van der Waals surface area contributed by atoms with Gasteiger partial charge in [-0.1, -0.05) is 6.07 Å². The van der Waals surface area contributed by atoms with E-state index >= 15 is 0 Å². The molecule has 3 heteroatoms. The standard InChI is InChI=1S/C12H15N3/c1-8-11-5-2-9(6-13)7-15(11)12(14-8)10-3-4-10/h2,5,7,10H,3-4,6,13H2,1H3. The molecule has 0 amide bonds. The summed E-state index contributed by atoms with van der Waals surface area (Å²) in [5.74, 6) is 1.90. The second-order valence-electron chi connectivity index (χ2n) is 4.33. The predicted octanol–water partition coefficient (Wildman–Crippen LogP) is 1.98. The number of hydrogen-bond donors (Lipinski definition) is 1. The van der Waals surface area contributed by atoms with Gasteiger partial charge in [0, 0.05) is 18.7 Å². The zero-order valence-corrected chi connectivity index (χ0v) is 8.90. The Balaban J connectivity index is 2.26. The normalized spacial score (nSPS) is 16.1. The number of nitrogens with two attached hydrogens (primary N) is 1. The van der Waals surface area contributed by atoms with Crippen molar-refractivity contribution in [2.24, 2.45) is 5.73 Å². The van der Waals surface area contributed by atoms with Crippen LogP contribution < -0.4 is 5.73 Å². The molecule has 0 aromatic carbocycles. The number of aryl methyl sites for hydroxylation is 1. The number of fused-ring (bicyclic) bond motifs is 1. The summed E-state index contributed by atoms with van der Waals surface area (Å²) in [5.41, 5.74) is 9.17. The van der Waals surface area contributed by atoms with E-state index in [2.05, 4.69) is 34.6 Å². The van der Waals surface area contributed by atoms with E-state index in [4.69, 9.17) is 5.73 Å². The van der Waals surface area contributed by atoms with E-state index in [0.29, 0.717) is 12.5 Å². The van der Waals surface area contributed by atoms with Gasteiger partial charge in [0.1, 0.15) is 5.82 Å². The van der Waals surface area contributed by atoms with Crippen molar-refractivity contribution in [2.45, 2.75) is 32.2 Å². The summed E-state index contributed by atoms with van der Waals surface area (Å²) < 4.78 is 2.22. The van der Waals surface area contributed by atoms with Gasteiger partial charge >= 0.3 is 0 Å². The fourth-order valence-corrected chi connectivity index (χ4v) is 2.06. The highest BCUT2D eigenvalue weighted by Gasteiger charge is 2.28. The summed E-state index contributed by atoms with van der Waals surface area (Å²) in [6.45, 7) is 2.67. The third-order valence-electron chi connectivity index (χ3n) is 3.09. The topological polar surface area (TPSA) is 43.3 Å². The maximum atomic E-state index is 5.66. The van der Waals surface area contributed by atoms with Crippen molar-refractivity contribution in [1.29, 1.82) is 0 Å². The van der Waals surface area contributed by atoms with E-state index in [1.807, 2.05) is 0 Å². The van der Waals surface area contributed by atoms with Gasteiger partial charge in [-0.15, -0.1) is 0 Å². The third kappa shape index (κ3) is 1.35. The molecule has 15 heavy (non-hydrogen) atoms. The van der Waals surface area contributed by atoms with Crippen LogP contribution in [0.2, 0.25) is 0 Å². The summed E-state index contributed by atoms with van der Waals surface area (Å²) in [6, 6.07) is 4.21. The Morgan fingerprint density at radius 2 is 2.27 bits per heavy atom. The molecule has 2 aromatic rings. The Hall–Kier alpha value is -1.35. The number of hydrogen-bond acceptors (Lipinski definition) is 2. The SMILES string of the molecule is Cc1nc(C2CC2)n2cc(CN)ccc12. The number of rotatable bonds is 2. The lowest BCUT2D eigenvalue weighted by Crippen LogP contribution is -1.99. The molecule has 2 aromatic heterocycles. The van der Waals surface area contributed by atoms with Crippen molar-refractivity contribution >= 4 is 5.52 Å². The average molecular weight is 201 g/mol. The van der Waals surface area contributed by atoms with Gasteiger partial charge in [-0.25, -0.2) is 4.98 Å². The zero-order chi connectivity index (χ0) is 10.4. The largest absolute Gasteiger partial charge is 0.326 e. The van der Waals surface area contributed by atoms with Crippen LogP contribution in [0.4, 0.5) is 0 Å². The molecule has 0 aliphatic heterocycles. The van der Waals surface area contributed by atoms with Gasteiger partial charge in [-0.05, 0) is 31.4 Å². The van der Waals surface area contributed by atoms with Crippen LogP contribution in [0.5, 0.6) is 0 Å². The van der Waals surface area contributed by atoms with Gasteiger partial charge in [0.2, 0.25) is 0 Å². The first kappa shape index (κ1) is 8.92. The fourth-order valence-electron chi connectivity index (χ4n) is 2.06. The predicted molar refractivity (Wildman–Crippen MR) is 59.8 cm³/mol. The Morgan fingerprint density at radius 3 is 2.93 bits per heavy atom.